The Labute approximate surface area is 94.4 Å². The first-order valence-electron chi connectivity index (χ1n) is 4.07. The molecule has 0 atom stereocenters. The molecular formula is C9H8BrN3S. The fourth-order valence-electron chi connectivity index (χ4n) is 1.01. The molecule has 0 amide bonds. The fourth-order valence-corrected chi connectivity index (χ4v) is 1.88. The number of hydrogen-bond acceptors (Lipinski definition) is 4. The SMILES string of the molecule is Brc1ccnc(NCc2cncs2)c1. The van der Waals surface area contributed by atoms with Crippen molar-refractivity contribution in [3.05, 3.63) is 39.4 Å². The van der Waals surface area contributed by atoms with Crippen LogP contribution in [0, 0.1) is 0 Å². The molecule has 2 rings (SSSR count). The maximum absolute atomic E-state index is 4.18. The summed E-state index contributed by atoms with van der Waals surface area (Å²) in [6.45, 7) is 0.772. The second kappa shape index (κ2) is 4.52. The first-order chi connectivity index (χ1) is 6.84. The molecule has 2 aromatic heterocycles. The molecule has 0 spiro atoms. The fraction of sp³-hybridized carbons (Fsp3) is 0.111. The molecule has 0 aliphatic heterocycles. The van der Waals surface area contributed by atoms with E-state index >= 15 is 0 Å². The maximum Gasteiger partial charge on any atom is 0.127 e. The molecule has 3 nitrogen and oxygen atoms in total. The third-order valence-corrected chi connectivity index (χ3v) is 2.92. The predicted octanol–water partition coefficient (Wildman–Crippen LogP) is 2.91. The van der Waals surface area contributed by atoms with E-state index in [0.717, 1.165) is 16.8 Å². The Morgan fingerprint density at radius 2 is 2.43 bits per heavy atom. The lowest BCUT2D eigenvalue weighted by atomic mass is 10.4. The van der Waals surface area contributed by atoms with Crippen molar-refractivity contribution in [2.45, 2.75) is 6.54 Å². The molecular weight excluding hydrogens is 262 g/mol. The van der Waals surface area contributed by atoms with Crippen LogP contribution in [-0.2, 0) is 6.54 Å². The minimum Gasteiger partial charge on any atom is -0.365 e. The molecule has 0 unspecified atom stereocenters. The molecule has 2 aromatic rings. The molecule has 0 aromatic carbocycles. The van der Waals surface area contributed by atoms with E-state index in [0.29, 0.717) is 0 Å². The van der Waals surface area contributed by atoms with E-state index in [1.807, 2.05) is 23.8 Å². The zero-order chi connectivity index (χ0) is 9.80. The summed E-state index contributed by atoms with van der Waals surface area (Å²) in [5.41, 5.74) is 1.82. The molecule has 0 saturated heterocycles. The van der Waals surface area contributed by atoms with Crippen LogP contribution in [0.4, 0.5) is 5.82 Å². The molecule has 0 saturated carbocycles. The second-order valence-corrected chi connectivity index (χ2v) is 4.57. The maximum atomic E-state index is 4.18. The normalized spacial score (nSPS) is 10.1. The highest BCUT2D eigenvalue weighted by Gasteiger charge is 1.96. The van der Waals surface area contributed by atoms with Crippen molar-refractivity contribution in [3.8, 4) is 0 Å². The van der Waals surface area contributed by atoms with Crippen LogP contribution in [0.15, 0.2) is 34.5 Å². The molecule has 1 N–H and O–H groups in total. The van der Waals surface area contributed by atoms with E-state index in [-0.39, 0.29) is 0 Å². The van der Waals surface area contributed by atoms with Crippen molar-refractivity contribution in [2.75, 3.05) is 5.32 Å². The van der Waals surface area contributed by atoms with E-state index < -0.39 is 0 Å². The quantitative estimate of drug-likeness (QED) is 0.931. The lowest BCUT2D eigenvalue weighted by Crippen LogP contribution is -1.99. The molecule has 0 aliphatic rings. The lowest BCUT2D eigenvalue weighted by molar-refractivity contribution is 1.13. The predicted molar refractivity (Wildman–Crippen MR) is 61.4 cm³/mol. The van der Waals surface area contributed by atoms with Gasteiger partial charge < -0.3 is 5.32 Å². The molecule has 0 bridgehead atoms. The standard InChI is InChI=1S/C9H8BrN3S/c10-7-1-2-12-9(3-7)13-5-8-4-11-6-14-8/h1-4,6H,5H2,(H,12,13). The number of anilines is 1. The molecule has 5 heteroatoms. The first-order valence-corrected chi connectivity index (χ1v) is 5.74. The molecule has 0 radical (unpaired) electrons. The second-order valence-electron chi connectivity index (χ2n) is 2.68. The van der Waals surface area contributed by atoms with E-state index in [1.165, 1.54) is 4.88 Å². The van der Waals surface area contributed by atoms with Gasteiger partial charge in [-0.15, -0.1) is 11.3 Å². The number of aromatic nitrogens is 2. The highest BCUT2D eigenvalue weighted by atomic mass is 79.9. The number of pyridine rings is 1. The van der Waals surface area contributed by atoms with Gasteiger partial charge in [0.1, 0.15) is 5.82 Å². The summed E-state index contributed by atoms with van der Waals surface area (Å²) in [5.74, 6) is 0.868. The third kappa shape index (κ3) is 2.52. The van der Waals surface area contributed by atoms with Crippen molar-refractivity contribution >= 4 is 33.1 Å². The number of nitrogens with one attached hydrogen (secondary N) is 1. The zero-order valence-electron chi connectivity index (χ0n) is 7.27. The molecule has 14 heavy (non-hydrogen) atoms. The van der Waals surface area contributed by atoms with Gasteiger partial charge in [-0.2, -0.15) is 0 Å². The Kier molecular flexibility index (Phi) is 3.10. The van der Waals surface area contributed by atoms with E-state index in [9.17, 15) is 0 Å². The average molecular weight is 270 g/mol. The Morgan fingerprint density at radius 1 is 1.50 bits per heavy atom. The van der Waals surface area contributed by atoms with Gasteiger partial charge >= 0.3 is 0 Å². The summed E-state index contributed by atoms with van der Waals surface area (Å²) in [6.07, 6.45) is 3.62. The van der Waals surface area contributed by atoms with E-state index in [1.54, 1.807) is 17.5 Å². The Bertz CT molecular complexity index is 402. The van der Waals surface area contributed by atoms with Crippen LogP contribution in [0.25, 0.3) is 0 Å². The van der Waals surface area contributed by atoms with Crippen LogP contribution in [0.3, 0.4) is 0 Å². The number of halogens is 1. The van der Waals surface area contributed by atoms with Crippen molar-refractivity contribution < 1.29 is 0 Å². The van der Waals surface area contributed by atoms with Crippen molar-refractivity contribution in [3.63, 3.8) is 0 Å². The van der Waals surface area contributed by atoms with Gasteiger partial charge in [0.05, 0.1) is 12.1 Å². The Morgan fingerprint density at radius 3 is 3.14 bits per heavy atom. The van der Waals surface area contributed by atoms with Gasteiger partial charge in [0.2, 0.25) is 0 Å². The monoisotopic (exact) mass is 269 g/mol. The van der Waals surface area contributed by atoms with Gasteiger partial charge in [0.15, 0.2) is 0 Å². The van der Waals surface area contributed by atoms with Crippen LogP contribution in [0.5, 0.6) is 0 Å². The zero-order valence-corrected chi connectivity index (χ0v) is 9.68. The summed E-state index contributed by atoms with van der Waals surface area (Å²) < 4.78 is 1.03. The number of hydrogen-bond donors (Lipinski definition) is 1. The average Bonchev–Trinajstić information content (AvgIpc) is 2.67. The number of thiazole rings is 1. The number of nitrogens with zero attached hydrogens (tertiary/aromatic N) is 2. The van der Waals surface area contributed by atoms with Crippen LogP contribution in [-0.4, -0.2) is 9.97 Å². The van der Waals surface area contributed by atoms with E-state index in [2.05, 4.69) is 31.2 Å². The summed E-state index contributed by atoms with van der Waals surface area (Å²) in [7, 11) is 0. The van der Waals surface area contributed by atoms with Gasteiger partial charge in [-0.25, -0.2) is 4.98 Å². The molecule has 0 fully saturated rings. The van der Waals surface area contributed by atoms with Crippen LogP contribution in [0.2, 0.25) is 0 Å². The highest BCUT2D eigenvalue weighted by Crippen LogP contribution is 2.14. The molecule has 72 valence electrons. The Hall–Kier alpha value is -0.940. The van der Waals surface area contributed by atoms with Crippen LogP contribution < -0.4 is 5.32 Å². The number of rotatable bonds is 3. The summed E-state index contributed by atoms with van der Waals surface area (Å²) in [5, 5.41) is 3.22. The lowest BCUT2D eigenvalue weighted by Gasteiger charge is -2.02. The minimum absolute atomic E-state index is 0.772. The third-order valence-electron chi connectivity index (χ3n) is 1.65. The van der Waals surface area contributed by atoms with Gasteiger partial charge in [-0.05, 0) is 12.1 Å². The van der Waals surface area contributed by atoms with Crippen molar-refractivity contribution in [2.24, 2.45) is 0 Å². The summed E-state index contributed by atoms with van der Waals surface area (Å²) >= 11 is 5.02. The molecule has 0 aliphatic carbocycles. The van der Waals surface area contributed by atoms with Gasteiger partial charge in [-0.1, -0.05) is 15.9 Å². The topological polar surface area (TPSA) is 37.8 Å². The van der Waals surface area contributed by atoms with Crippen molar-refractivity contribution in [1.82, 2.24) is 9.97 Å². The van der Waals surface area contributed by atoms with Crippen molar-refractivity contribution in [1.29, 1.82) is 0 Å². The Balaban J connectivity index is 1.98. The van der Waals surface area contributed by atoms with Crippen LogP contribution >= 0.6 is 27.3 Å². The highest BCUT2D eigenvalue weighted by molar-refractivity contribution is 9.10. The van der Waals surface area contributed by atoms with Gasteiger partial charge in [0, 0.05) is 21.7 Å². The van der Waals surface area contributed by atoms with Gasteiger partial charge in [0.25, 0.3) is 0 Å². The first kappa shape index (κ1) is 9.61. The van der Waals surface area contributed by atoms with Crippen LogP contribution in [0.1, 0.15) is 4.88 Å². The molecule has 2 heterocycles. The van der Waals surface area contributed by atoms with Gasteiger partial charge in [-0.3, -0.25) is 4.98 Å². The largest absolute Gasteiger partial charge is 0.365 e. The minimum atomic E-state index is 0.772. The van der Waals surface area contributed by atoms with E-state index in [4.69, 9.17) is 0 Å². The summed E-state index contributed by atoms with van der Waals surface area (Å²) in [4.78, 5) is 9.38. The smallest absolute Gasteiger partial charge is 0.127 e. The summed E-state index contributed by atoms with van der Waals surface area (Å²) in [6, 6.07) is 3.85.